The van der Waals surface area contributed by atoms with E-state index in [0.717, 1.165) is 19.5 Å². The van der Waals surface area contributed by atoms with Crippen LogP contribution in [0.5, 0.6) is 0 Å². The first-order chi connectivity index (χ1) is 9.58. The maximum atomic E-state index is 3.40. The van der Waals surface area contributed by atoms with Crippen LogP contribution in [0.4, 0.5) is 0 Å². The molecule has 0 unspecified atom stereocenters. The highest BCUT2D eigenvalue weighted by molar-refractivity contribution is 5.69. The number of allylic oxidation sites excluding steroid dienone is 1. The Bertz CT molecular complexity index is 459. The number of benzene rings is 1. The molecule has 1 fully saturated rings. The van der Waals surface area contributed by atoms with Crippen LogP contribution in [-0.2, 0) is 0 Å². The Kier molecular flexibility index (Phi) is 5.38. The minimum absolute atomic E-state index is 1.14. The lowest BCUT2D eigenvalue weighted by atomic mass is 9.94. The number of hydrogen-bond donors (Lipinski definition) is 1. The molecule has 0 aromatic heterocycles. The normalized spacial score (nSPS) is 17.5. The molecule has 2 rings (SSSR count). The number of rotatable bonds is 4. The molecule has 1 aromatic carbocycles. The zero-order valence-electron chi connectivity index (χ0n) is 13.4. The molecule has 0 atom stereocenters. The van der Waals surface area contributed by atoms with Gasteiger partial charge in [0.2, 0.25) is 0 Å². The molecule has 0 spiro atoms. The number of nitrogens with one attached hydrogen (secondary N) is 1. The summed E-state index contributed by atoms with van der Waals surface area (Å²) in [5.74, 6) is 0. The molecular weight excluding hydrogens is 244 g/mol. The van der Waals surface area contributed by atoms with Gasteiger partial charge in [-0.1, -0.05) is 23.8 Å². The van der Waals surface area contributed by atoms with Crippen LogP contribution in [0.15, 0.2) is 18.2 Å². The first-order valence-corrected chi connectivity index (χ1v) is 7.76. The van der Waals surface area contributed by atoms with Crippen molar-refractivity contribution in [1.82, 2.24) is 10.2 Å². The fraction of sp³-hybridized carbons (Fsp3) is 0.556. The molecule has 1 aliphatic rings. The number of nitrogens with zero attached hydrogens (tertiary/aromatic N) is 1. The average molecular weight is 272 g/mol. The second kappa shape index (κ2) is 7.05. The first kappa shape index (κ1) is 15.3. The maximum absolute atomic E-state index is 3.40. The Morgan fingerprint density at radius 3 is 2.35 bits per heavy atom. The van der Waals surface area contributed by atoms with Crippen molar-refractivity contribution >= 4 is 5.57 Å². The van der Waals surface area contributed by atoms with Gasteiger partial charge in [-0.3, -0.25) is 0 Å². The van der Waals surface area contributed by atoms with Gasteiger partial charge in [-0.2, -0.15) is 0 Å². The molecule has 0 bridgehead atoms. The van der Waals surface area contributed by atoms with E-state index < -0.39 is 0 Å². The summed E-state index contributed by atoms with van der Waals surface area (Å²) in [7, 11) is 0. The summed E-state index contributed by atoms with van der Waals surface area (Å²) in [5, 5.41) is 3.40. The number of hydrogen-bond acceptors (Lipinski definition) is 2. The highest BCUT2D eigenvalue weighted by Gasteiger charge is 2.09. The van der Waals surface area contributed by atoms with Crippen molar-refractivity contribution in [3.63, 3.8) is 0 Å². The molecule has 1 N–H and O–H groups in total. The van der Waals surface area contributed by atoms with Crippen molar-refractivity contribution in [3.05, 3.63) is 40.5 Å². The van der Waals surface area contributed by atoms with E-state index in [9.17, 15) is 0 Å². The highest BCUT2D eigenvalue weighted by Crippen LogP contribution is 2.24. The summed E-state index contributed by atoms with van der Waals surface area (Å²) in [5.41, 5.74) is 7.03. The Morgan fingerprint density at radius 1 is 1.15 bits per heavy atom. The van der Waals surface area contributed by atoms with Crippen molar-refractivity contribution < 1.29 is 0 Å². The molecule has 0 amide bonds. The molecule has 0 saturated carbocycles. The molecule has 110 valence electrons. The predicted octanol–water partition coefficient (Wildman–Crippen LogP) is 3.31. The topological polar surface area (TPSA) is 15.3 Å². The van der Waals surface area contributed by atoms with Crippen LogP contribution in [0.1, 0.15) is 35.6 Å². The molecule has 1 aliphatic heterocycles. The highest BCUT2D eigenvalue weighted by atomic mass is 15.2. The van der Waals surface area contributed by atoms with Gasteiger partial charge in [0.15, 0.2) is 0 Å². The van der Waals surface area contributed by atoms with Crippen LogP contribution >= 0.6 is 0 Å². The van der Waals surface area contributed by atoms with Crippen LogP contribution in [0.25, 0.3) is 5.57 Å². The van der Waals surface area contributed by atoms with E-state index in [0.29, 0.717) is 0 Å². The Balaban J connectivity index is 1.99. The van der Waals surface area contributed by atoms with E-state index in [1.807, 2.05) is 0 Å². The molecule has 20 heavy (non-hydrogen) atoms. The monoisotopic (exact) mass is 272 g/mol. The molecule has 0 aliphatic carbocycles. The molecular formula is C18H28N2. The Morgan fingerprint density at radius 2 is 1.75 bits per heavy atom. The van der Waals surface area contributed by atoms with Gasteiger partial charge in [-0.25, -0.2) is 0 Å². The van der Waals surface area contributed by atoms with E-state index in [-0.39, 0.29) is 0 Å². The molecule has 1 aromatic rings. The van der Waals surface area contributed by atoms with Crippen molar-refractivity contribution in [2.75, 3.05) is 32.7 Å². The van der Waals surface area contributed by atoms with Crippen LogP contribution in [0.3, 0.4) is 0 Å². The van der Waals surface area contributed by atoms with Gasteiger partial charge in [0, 0.05) is 32.7 Å². The zero-order valence-corrected chi connectivity index (χ0v) is 13.4. The van der Waals surface area contributed by atoms with Crippen molar-refractivity contribution in [3.8, 4) is 0 Å². The van der Waals surface area contributed by atoms with Crippen LogP contribution in [-0.4, -0.2) is 37.6 Å². The van der Waals surface area contributed by atoms with E-state index >= 15 is 0 Å². The lowest BCUT2D eigenvalue weighted by Crippen LogP contribution is -2.43. The minimum atomic E-state index is 1.14. The molecule has 2 heteroatoms. The van der Waals surface area contributed by atoms with Crippen LogP contribution < -0.4 is 5.32 Å². The average Bonchev–Trinajstić information content (AvgIpc) is 2.38. The van der Waals surface area contributed by atoms with Gasteiger partial charge in [-0.15, -0.1) is 0 Å². The summed E-state index contributed by atoms with van der Waals surface area (Å²) in [6, 6.07) is 4.58. The summed E-state index contributed by atoms with van der Waals surface area (Å²) < 4.78 is 0. The van der Waals surface area contributed by atoms with Crippen molar-refractivity contribution in [2.24, 2.45) is 0 Å². The third-order valence-electron chi connectivity index (χ3n) is 4.18. The van der Waals surface area contributed by atoms with E-state index in [1.165, 1.54) is 47.5 Å². The second-order valence-corrected chi connectivity index (χ2v) is 6.04. The summed E-state index contributed by atoms with van der Waals surface area (Å²) in [6.07, 6.45) is 3.56. The predicted molar refractivity (Wildman–Crippen MR) is 88.2 cm³/mol. The van der Waals surface area contributed by atoms with E-state index in [1.54, 1.807) is 0 Å². The minimum Gasteiger partial charge on any atom is -0.314 e. The lowest BCUT2D eigenvalue weighted by molar-refractivity contribution is 0.245. The van der Waals surface area contributed by atoms with Gasteiger partial charge >= 0.3 is 0 Å². The summed E-state index contributed by atoms with van der Waals surface area (Å²) in [6.45, 7) is 14.7. The van der Waals surface area contributed by atoms with E-state index in [2.05, 4.69) is 56.1 Å². The molecule has 2 nitrogen and oxygen atoms in total. The fourth-order valence-electron chi connectivity index (χ4n) is 3.30. The number of aryl methyl sites for hydroxylation is 3. The number of piperazine rings is 1. The SMILES string of the molecule is C/C(=C\CCN1CCNCC1)c1c(C)cc(C)cc1C. The van der Waals surface area contributed by atoms with Crippen LogP contribution in [0.2, 0.25) is 0 Å². The summed E-state index contributed by atoms with van der Waals surface area (Å²) in [4.78, 5) is 2.55. The van der Waals surface area contributed by atoms with Gasteiger partial charge < -0.3 is 10.2 Å². The van der Waals surface area contributed by atoms with E-state index in [4.69, 9.17) is 0 Å². The van der Waals surface area contributed by atoms with Gasteiger partial charge in [0.1, 0.15) is 0 Å². The lowest BCUT2D eigenvalue weighted by Gasteiger charge is -2.26. The standard InChI is InChI=1S/C18H28N2/c1-14-12-16(3)18(17(4)13-14)15(2)6-5-9-20-10-7-19-8-11-20/h6,12-13,19H,5,7-11H2,1-4H3/b15-6+. The Labute approximate surface area is 123 Å². The third kappa shape index (κ3) is 3.94. The quantitative estimate of drug-likeness (QED) is 0.904. The van der Waals surface area contributed by atoms with Crippen LogP contribution in [0, 0.1) is 20.8 Å². The van der Waals surface area contributed by atoms with Crippen molar-refractivity contribution in [2.45, 2.75) is 34.1 Å². The molecule has 1 saturated heterocycles. The molecule has 1 heterocycles. The molecule has 0 radical (unpaired) electrons. The first-order valence-electron chi connectivity index (χ1n) is 7.76. The van der Waals surface area contributed by atoms with Crippen molar-refractivity contribution in [1.29, 1.82) is 0 Å². The third-order valence-corrected chi connectivity index (χ3v) is 4.18. The van der Waals surface area contributed by atoms with Gasteiger partial charge in [0.25, 0.3) is 0 Å². The fourth-order valence-corrected chi connectivity index (χ4v) is 3.30. The zero-order chi connectivity index (χ0) is 14.5. The summed E-state index contributed by atoms with van der Waals surface area (Å²) >= 11 is 0. The van der Waals surface area contributed by atoms with Gasteiger partial charge in [0.05, 0.1) is 0 Å². The second-order valence-electron chi connectivity index (χ2n) is 6.04. The Hall–Kier alpha value is -1.12. The maximum Gasteiger partial charge on any atom is 0.0107 e. The smallest absolute Gasteiger partial charge is 0.0107 e. The largest absolute Gasteiger partial charge is 0.314 e. The van der Waals surface area contributed by atoms with Gasteiger partial charge in [-0.05, 0) is 56.4 Å².